The van der Waals surface area contributed by atoms with Crippen LogP contribution in [0.3, 0.4) is 0 Å². The smallest absolute Gasteiger partial charge is 0.282 e. The van der Waals surface area contributed by atoms with E-state index in [1.807, 2.05) is 24.3 Å². The summed E-state index contributed by atoms with van der Waals surface area (Å²) in [5, 5.41) is 13.7. The summed E-state index contributed by atoms with van der Waals surface area (Å²) in [6, 6.07) is 18.3. The number of aromatic nitrogens is 1. The van der Waals surface area contributed by atoms with E-state index < -0.39 is 10.8 Å². The molecule has 0 spiro atoms. The summed E-state index contributed by atoms with van der Waals surface area (Å²) in [4.78, 5) is 34.4. The lowest BCUT2D eigenvalue weighted by Crippen LogP contribution is -2.23. The Kier molecular flexibility index (Phi) is 5.41. The fourth-order valence-corrected chi connectivity index (χ4v) is 2.65. The quantitative estimate of drug-likeness (QED) is 0.538. The van der Waals surface area contributed by atoms with Gasteiger partial charge in [0.05, 0.1) is 11.5 Å². The highest BCUT2D eigenvalue weighted by molar-refractivity contribution is 5.98. The van der Waals surface area contributed by atoms with E-state index >= 15 is 0 Å². The van der Waals surface area contributed by atoms with Gasteiger partial charge >= 0.3 is 0 Å². The molecule has 0 atom stereocenters. The van der Waals surface area contributed by atoms with Crippen LogP contribution in [0.5, 0.6) is 0 Å². The van der Waals surface area contributed by atoms with Gasteiger partial charge in [0, 0.05) is 24.9 Å². The summed E-state index contributed by atoms with van der Waals surface area (Å²) in [5.74, 6) is -0.498. The minimum Gasteiger partial charge on any atom is -0.348 e. The summed E-state index contributed by atoms with van der Waals surface area (Å²) < 4.78 is 1.60. The third-order valence-electron chi connectivity index (χ3n) is 4.07. The SMILES string of the molecule is O=C(NCc1ccc(Cn2ccccc2=O)cc1)c1ccccc1[N+](=O)[O-]. The van der Waals surface area contributed by atoms with E-state index in [2.05, 4.69) is 5.32 Å². The van der Waals surface area contributed by atoms with Crippen LogP contribution in [0.1, 0.15) is 21.5 Å². The molecule has 7 nitrogen and oxygen atoms in total. The van der Waals surface area contributed by atoms with Crippen molar-refractivity contribution in [2.24, 2.45) is 0 Å². The molecule has 1 heterocycles. The summed E-state index contributed by atoms with van der Waals surface area (Å²) in [6.45, 7) is 0.707. The van der Waals surface area contributed by atoms with Gasteiger partial charge < -0.3 is 9.88 Å². The number of hydrogen-bond donors (Lipinski definition) is 1. The van der Waals surface area contributed by atoms with E-state index in [1.54, 1.807) is 29.0 Å². The van der Waals surface area contributed by atoms with Gasteiger partial charge in [0.25, 0.3) is 17.2 Å². The van der Waals surface area contributed by atoms with E-state index in [1.165, 1.54) is 24.3 Å². The Labute approximate surface area is 155 Å². The van der Waals surface area contributed by atoms with Gasteiger partial charge in [-0.2, -0.15) is 0 Å². The molecule has 7 heteroatoms. The maximum Gasteiger partial charge on any atom is 0.282 e. The lowest BCUT2D eigenvalue weighted by atomic mass is 10.1. The molecule has 0 saturated carbocycles. The molecule has 0 bridgehead atoms. The van der Waals surface area contributed by atoms with E-state index in [0.29, 0.717) is 6.54 Å². The topological polar surface area (TPSA) is 94.2 Å². The molecule has 3 aromatic rings. The molecule has 0 aliphatic rings. The van der Waals surface area contributed by atoms with E-state index in [-0.39, 0.29) is 23.4 Å². The van der Waals surface area contributed by atoms with Crippen LogP contribution < -0.4 is 10.9 Å². The van der Waals surface area contributed by atoms with Crippen molar-refractivity contribution >= 4 is 11.6 Å². The Bertz CT molecular complexity index is 1030. The fraction of sp³-hybridized carbons (Fsp3) is 0.100. The molecule has 1 aromatic heterocycles. The molecule has 27 heavy (non-hydrogen) atoms. The van der Waals surface area contributed by atoms with Gasteiger partial charge in [-0.15, -0.1) is 0 Å². The first kappa shape index (κ1) is 18.1. The second kappa shape index (κ2) is 8.09. The average molecular weight is 363 g/mol. The molecule has 0 unspecified atom stereocenters. The number of carbonyl (C=O) groups is 1. The maximum absolute atomic E-state index is 12.2. The molecule has 2 aromatic carbocycles. The number of amides is 1. The minimum absolute atomic E-state index is 0.0302. The first-order valence-corrected chi connectivity index (χ1v) is 8.29. The van der Waals surface area contributed by atoms with Crippen molar-refractivity contribution in [2.45, 2.75) is 13.1 Å². The highest BCUT2D eigenvalue weighted by atomic mass is 16.6. The Morgan fingerprint density at radius 3 is 2.33 bits per heavy atom. The molecule has 0 fully saturated rings. The number of nitro groups is 1. The third kappa shape index (κ3) is 4.46. The Balaban J connectivity index is 1.64. The van der Waals surface area contributed by atoms with Gasteiger partial charge in [0.2, 0.25) is 0 Å². The number of para-hydroxylation sites is 1. The molecule has 0 saturated heterocycles. The van der Waals surface area contributed by atoms with Crippen molar-refractivity contribution in [1.29, 1.82) is 0 Å². The van der Waals surface area contributed by atoms with Crippen molar-refractivity contribution in [3.05, 3.63) is 110 Å². The number of nitrogens with zero attached hydrogens (tertiary/aromatic N) is 2. The summed E-state index contributed by atoms with van der Waals surface area (Å²) in [7, 11) is 0. The Hall–Kier alpha value is -3.74. The van der Waals surface area contributed by atoms with Gasteiger partial charge in [-0.05, 0) is 23.3 Å². The molecular formula is C20H17N3O4. The number of pyridine rings is 1. The zero-order valence-electron chi connectivity index (χ0n) is 14.4. The van der Waals surface area contributed by atoms with Crippen molar-refractivity contribution in [3.63, 3.8) is 0 Å². The summed E-state index contributed by atoms with van der Waals surface area (Å²) in [5.41, 5.74) is 1.54. The van der Waals surface area contributed by atoms with Crippen LogP contribution in [0.2, 0.25) is 0 Å². The second-order valence-electron chi connectivity index (χ2n) is 5.94. The highest BCUT2D eigenvalue weighted by Crippen LogP contribution is 2.17. The predicted octanol–water partition coefficient (Wildman–Crippen LogP) is 2.73. The van der Waals surface area contributed by atoms with E-state index in [4.69, 9.17) is 0 Å². The molecule has 136 valence electrons. The molecule has 3 rings (SSSR count). The zero-order chi connectivity index (χ0) is 19.2. The van der Waals surface area contributed by atoms with Crippen molar-refractivity contribution in [2.75, 3.05) is 0 Å². The lowest BCUT2D eigenvalue weighted by molar-refractivity contribution is -0.385. The largest absolute Gasteiger partial charge is 0.348 e. The average Bonchev–Trinajstić information content (AvgIpc) is 2.69. The fourth-order valence-electron chi connectivity index (χ4n) is 2.65. The van der Waals surface area contributed by atoms with Gasteiger partial charge in [0.15, 0.2) is 0 Å². The molecule has 0 aliphatic carbocycles. The standard InChI is InChI=1S/C20H17N3O4/c24-19-7-3-4-12-22(19)14-16-10-8-15(9-11-16)13-21-20(25)17-5-1-2-6-18(17)23(26)27/h1-12H,13-14H2,(H,21,25). The summed E-state index contributed by atoms with van der Waals surface area (Å²) >= 11 is 0. The highest BCUT2D eigenvalue weighted by Gasteiger charge is 2.18. The second-order valence-corrected chi connectivity index (χ2v) is 5.94. The van der Waals surface area contributed by atoms with Crippen LogP contribution in [0, 0.1) is 10.1 Å². The van der Waals surface area contributed by atoms with Gasteiger partial charge in [-0.1, -0.05) is 42.5 Å². The molecule has 1 N–H and O–H groups in total. The number of nitro benzene ring substituents is 1. The van der Waals surface area contributed by atoms with Gasteiger partial charge in [0.1, 0.15) is 5.56 Å². The van der Waals surface area contributed by atoms with Gasteiger partial charge in [-0.3, -0.25) is 19.7 Å². The Morgan fingerprint density at radius 1 is 0.963 bits per heavy atom. The van der Waals surface area contributed by atoms with Crippen LogP contribution in [0.15, 0.2) is 77.7 Å². The summed E-state index contributed by atoms with van der Waals surface area (Å²) in [6.07, 6.45) is 1.73. The first-order chi connectivity index (χ1) is 13.0. The number of hydrogen-bond acceptors (Lipinski definition) is 4. The van der Waals surface area contributed by atoms with E-state index in [9.17, 15) is 19.7 Å². The van der Waals surface area contributed by atoms with Crippen LogP contribution in [-0.2, 0) is 13.1 Å². The maximum atomic E-state index is 12.2. The third-order valence-corrected chi connectivity index (χ3v) is 4.07. The van der Waals surface area contributed by atoms with Crippen molar-refractivity contribution in [1.82, 2.24) is 9.88 Å². The van der Waals surface area contributed by atoms with Crippen LogP contribution in [0.4, 0.5) is 5.69 Å². The molecular weight excluding hydrogens is 346 g/mol. The lowest BCUT2D eigenvalue weighted by Gasteiger charge is -2.08. The number of rotatable bonds is 6. The molecule has 0 radical (unpaired) electrons. The predicted molar refractivity (Wildman–Crippen MR) is 101 cm³/mol. The zero-order valence-corrected chi connectivity index (χ0v) is 14.4. The number of carbonyl (C=O) groups excluding carboxylic acids is 1. The van der Waals surface area contributed by atoms with Crippen LogP contribution >= 0.6 is 0 Å². The molecule has 0 aliphatic heterocycles. The normalized spacial score (nSPS) is 10.4. The van der Waals surface area contributed by atoms with Crippen LogP contribution in [-0.4, -0.2) is 15.4 Å². The number of nitrogens with one attached hydrogen (secondary N) is 1. The van der Waals surface area contributed by atoms with Crippen molar-refractivity contribution < 1.29 is 9.72 Å². The van der Waals surface area contributed by atoms with E-state index in [0.717, 1.165) is 11.1 Å². The Morgan fingerprint density at radius 2 is 1.63 bits per heavy atom. The number of benzene rings is 2. The van der Waals surface area contributed by atoms with Gasteiger partial charge in [-0.25, -0.2) is 0 Å². The monoisotopic (exact) mass is 363 g/mol. The van der Waals surface area contributed by atoms with Crippen LogP contribution in [0.25, 0.3) is 0 Å². The molecule has 1 amide bonds. The van der Waals surface area contributed by atoms with Crippen molar-refractivity contribution in [3.8, 4) is 0 Å². The minimum atomic E-state index is -0.574. The first-order valence-electron chi connectivity index (χ1n) is 8.29.